The number of hydrogen-bond donors (Lipinski definition) is 3. The van der Waals surface area contributed by atoms with E-state index in [2.05, 4.69) is 16.0 Å². The number of carbonyl (C=O) groups excluding carboxylic acids is 2. The number of nitrogens with one attached hydrogen (secondary N) is 3. The van der Waals surface area contributed by atoms with Gasteiger partial charge in [0.15, 0.2) is 6.61 Å². The number of amides is 2. The molecule has 0 unspecified atom stereocenters. The zero-order valence-corrected chi connectivity index (χ0v) is 16.4. The Balaban J connectivity index is 1.26. The van der Waals surface area contributed by atoms with E-state index < -0.39 is 0 Å². The van der Waals surface area contributed by atoms with Crippen LogP contribution in [0.25, 0.3) is 0 Å². The minimum absolute atomic E-state index is 0.0371. The second kappa shape index (κ2) is 9.13. The molecule has 3 aromatic carbocycles. The lowest BCUT2D eigenvalue weighted by atomic mass is 10.2. The minimum atomic E-state index is -0.258. The highest BCUT2D eigenvalue weighted by molar-refractivity contribution is 5.94. The first kappa shape index (κ1) is 19.5. The highest BCUT2D eigenvalue weighted by atomic mass is 16.5. The van der Waals surface area contributed by atoms with Crippen molar-refractivity contribution in [2.45, 2.75) is 12.8 Å². The van der Waals surface area contributed by atoms with E-state index in [0.29, 0.717) is 17.1 Å². The molecule has 4 rings (SSSR count). The van der Waals surface area contributed by atoms with E-state index in [1.54, 1.807) is 24.3 Å². The van der Waals surface area contributed by atoms with Crippen LogP contribution in [0.4, 0.5) is 22.7 Å². The molecule has 0 bridgehead atoms. The summed E-state index contributed by atoms with van der Waals surface area (Å²) in [6.07, 6.45) is 1.90. The summed E-state index contributed by atoms with van der Waals surface area (Å²) >= 11 is 0. The van der Waals surface area contributed by atoms with Crippen molar-refractivity contribution in [1.29, 1.82) is 0 Å². The molecule has 0 spiro atoms. The number of carbonyl (C=O) groups is 2. The highest BCUT2D eigenvalue weighted by Gasteiger charge is 2.29. The van der Waals surface area contributed by atoms with Gasteiger partial charge in [0, 0.05) is 34.7 Å². The molecule has 6 heteroatoms. The van der Waals surface area contributed by atoms with Crippen molar-refractivity contribution in [3.05, 3.63) is 78.9 Å². The number of rotatable bonds is 8. The lowest BCUT2D eigenvalue weighted by Gasteiger charge is -2.10. The quantitative estimate of drug-likeness (QED) is 0.507. The second-order valence-electron chi connectivity index (χ2n) is 7.20. The summed E-state index contributed by atoms with van der Waals surface area (Å²) < 4.78 is 5.57. The fraction of sp³-hybridized carbons (Fsp3) is 0.167. The fourth-order valence-electron chi connectivity index (χ4n) is 2.92. The smallest absolute Gasteiger partial charge is 0.262 e. The van der Waals surface area contributed by atoms with Crippen molar-refractivity contribution in [1.82, 2.24) is 0 Å². The van der Waals surface area contributed by atoms with Crippen LogP contribution >= 0.6 is 0 Å². The molecule has 1 saturated carbocycles. The average Bonchev–Trinajstić information content (AvgIpc) is 3.60. The molecule has 0 aliphatic heterocycles. The molecule has 152 valence electrons. The molecular weight excluding hydrogens is 378 g/mol. The molecule has 1 fully saturated rings. The van der Waals surface area contributed by atoms with Gasteiger partial charge in [0.2, 0.25) is 5.91 Å². The van der Waals surface area contributed by atoms with Gasteiger partial charge >= 0.3 is 0 Å². The molecule has 2 amide bonds. The van der Waals surface area contributed by atoms with E-state index in [9.17, 15) is 9.59 Å². The SMILES string of the molecule is O=C(COc1cccc(NC(=O)C2CC2)c1)Nc1ccc(Nc2ccccc2)cc1. The highest BCUT2D eigenvalue weighted by Crippen LogP contribution is 2.30. The summed E-state index contributed by atoms with van der Waals surface area (Å²) in [5.41, 5.74) is 3.29. The molecular formula is C24H23N3O3. The Labute approximate surface area is 175 Å². The maximum Gasteiger partial charge on any atom is 0.262 e. The van der Waals surface area contributed by atoms with Crippen molar-refractivity contribution in [3.8, 4) is 5.75 Å². The van der Waals surface area contributed by atoms with Crippen LogP contribution in [-0.2, 0) is 9.59 Å². The summed E-state index contributed by atoms with van der Waals surface area (Å²) in [5, 5.41) is 8.97. The third-order valence-electron chi connectivity index (χ3n) is 4.65. The fourth-order valence-corrected chi connectivity index (χ4v) is 2.92. The van der Waals surface area contributed by atoms with E-state index >= 15 is 0 Å². The Morgan fingerprint density at radius 3 is 2.17 bits per heavy atom. The maximum atomic E-state index is 12.2. The van der Waals surface area contributed by atoms with Crippen LogP contribution < -0.4 is 20.7 Å². The summed E-state index contributed by atoms with van der Waals surface area (Å²) in [6, 6.07) is 24.4. The minimum Gasteiger partial charge on any atom is -0.484 e. The summed E-state index contributed by atoms with van der Waals surface area (Å²) in [6.45, 7) is -0.121. The van der Waals surface area contributed by atoms with Crippen LogP contribution in [0.3, 0.4) is 0 Å². The predicted molar refractivity (Wildman–Crippen MR) is 118 cm³/mol. The van der Waals surface area contributed by atoms with Gasteiger partial charge in [-0.05, 0) is 61.4 Å². The van der Waals surface area contributed by atoms with Crippen LogP contribution in [0.1, 0.15) is 12.8 Å². The third-order valence-corrected chi connectivity index (χ3v) is 4.65. The first-order valence-corrected chi connectivity index (χ1v) is 9.91. The molecule has 3 aromatic rings. The van der Waals surface area contributed by atoms with Crippen LogP contribution in [-0.4, -0.2) is 18.4 Å². The van der Waals surface area contributed by atoms with Crippen LogP contribution in [0.15, 0.2) is 78.9 Å². The van der Waals surface area contributed by atoms with Crippen molar-refractivity contribution in [2.24, 2.45) is 5.92 Å². The molecule has 0 heterocycles. The van der Waals surface area contributed by atoms with Crippen LogP contribution in [0.2, 0.25) is 0 Å². The van der Waals surface area contributed by atoms with Crippen molar-refractivity contribution >= 4 is 34.6 Å². The predicted octanol–water partition coefficient (Wildman–Crippen LogP) is 4.80. The summed E-state index contributed by atoms with van der Waals surface area (Å²) in [4.78, 5) is 24.1. The molecule has 1 aliphatic rings. The van der Waals surface area contributed by atoms with E-state index in [4.69, 9.17) is 4.74 Å². The van der Waals surface area contributed by atoms with Crippen LogP contribution in [0.5, 0.6) is 5.75 Å². The van der Waals surface area contributed by atoms with Gasteiger partial charge in [0.05, 0.1) is 0 Å². The lowest BCUT2D eigenvalue weighted by Crippen LogP contribution is -2.20. The van der Waals surface area contributed by atoms with Gasteiger partial charge in [-0.15, -0.1) is 0 Å². The number of benzene rings is 3. The van der Waals surface area contributed by atoms with Gasteiger partial charge in [-0.3, -0.25) is 9.59 Å². The zero-order chi connectivity index (χ0) is 20.8. The van der Waals surface area contributed by atoms with Crippen molar-refractivity contribution < 1.29 is 14.3 Å². The Morgan fingerprint density at radius 1 is 0.767 bits per heavy atom. The van der Waals surface area contributed by atoms with Gasteiger partial charge in [-0.25, -0.2) is 0 Å². The van der Waals surface area contributed by atoms with Crippen molar-refractivity contribution in [2.75, 3.05) is 22.6 Å². The van der Waals surface area contributed by atoms with Crippen molar-refractivity contribution in [3.63, 3.8) is 0 Å². The number of ether oxygens (including phenoxy) is 1. The van der Waals surface area contributed by atoms with Gasteiger partial charge in [-0.2, -0.15) is 0 Å². The second-order valence-corrected chi connectivity index (χ2v) is 7.20. The first-order valence-electron chi connectivity index (χ1n) is 9.91. The van der Waals surface area contributed by atoms with Gasteiger partial charge in [-0.1, -0.05) is 24.3 Å². The van der Waals surface area contributed by atoms with E-state index in [0.717, 1.165) is 24.2 Å². The van der Waals surface area contributed by atoms with E-state index in [1.807, 2.05) is 54.6 Å². The van der Waals surface area contributed by atoms with E-state index in [1.165, 1.54) is 0 Å². The average molecular weight is 401 g/mol. The molecule has 0 atom stereocenters. The topological polar surface area (TPSA) is 79.5 Å². The molecule has 30 heavy (non-hydrogen) atoms. The zero-order valence-electron chi connectivity index (χ0n) is 16.4. The van der Waals surface area contributed by atoms with Crippen LogP contribution in [0, 0.1) is 5.92 Å². The lowest BCUT2D eigenvalue weighted by molar-refractivity contribution is -0.118. The monoisotopic (exact) mass is 401 g/mol. The van der Waals surface area contributed by atoms with E-state index in [-0.39, 0.29) is 24.3 Å². The Bertz CT molecular complexity index is 1020. The Morgan fingerprint density at radius 2 is 1.43 bits per heavy atom. The van der Waals surface area contributed by atoms with Gasteiger partial charge in [0.25, 0.3) is 5.91 Å². The standard InChI is InChI=1S/C24H23N3O3/c28-23(16-30-22-8-4-7-21(15-22)27-24(29)17-9-10-17)26-20-13-11-19(12-14-20)25-18-5-2-1-3-6-18/h1-8,11-15,17,25H,9-10,16H2,(H,26,28)(H,27,29). The Hall–Kier alpha value is -3.80. The number of hydrogen-bond acceptors (Lipinski definition) is 4. The van der Waals surface area contributed by atoms with Gasteiger partial charge < -0.3 is 20.7 Å². The number of anilines is 4. The normalized spacial score (nSPS) is 12.7. The Kier molecular flexibility index (Phi) is 5.94. The largest absolute Gasteiger partial charge is 0.484 e. The molecule has 0 radical (unpaired) electrons. The summed E-state index contributed by atoms with van der Waals surface area (Å²) in [7, 11) is 0. The molecule has 6 nitrogen and oxygen atoms in total. The summed E-state index contributed by atoms with van der Waals surface area (Å²) in [5.74, 6) is 0.442. The first-order chi connectivity index (χ1) is 14.7. The molecule has 0 saturated heterocycles. The molecule has 1 aliphatic carbocycles. The molecule has 0 aromatic heterocycles. The molecule has 3 N–H and O–H groups in total. The van der Waals surface area contributed by atoms with Gasteiger partial charge in [0.1, 0.15) is 5.75 Å². The maximum absolute atomic E-state index is 12.2. The third kappa shape index (κ3) is 5.61. The number of para-hydroxylation sites is 1.